The Labute approximate surface area is 104 Å². The van der Waals surface area contributed by atoms with E-state index in [-0.39, 0.29) is 0 Å². The van der Waals surface area contributed by atoms with Gasteiger partial charge in [0.2, 0.25) is 0 Å². The zero-order chi connectivity index (χ0) is 11.9. The standard InChI is InChI=1S/C14H22N2O/c1-12(14-5-9-17-10-6-14)16-8-4-13-3-2-7-15-11-13/h2-3,7,11-12,14,16H,4-6,8-10H2,1H3. The molecule has 1 N–H and O–H groups in total. The van der Waals surface area contributed by atoms with Crippen molar-refractivity contribution < 1.29 is 4.74 Å². The summed E-state index contributed by atoms with van der Waals surface area (Å²) in [5.74, 6) is 0.776. The molecular formula is C14H22N2O. The van der Waals surface area contributed by atoms with Crippen molar-refractivity contribution in [2.24, 2.45) is 5.92 Å². The number of hydrogen-bond donors (Lipinski definition) is 1. The van der Waals surface area contributed by atoms with Gasteiger partial charge in [-0.1, -0.05) is 6.07 Å². The van der Waals surface area contributed by atoms with Gasteiger partial charge in [0.25, 0.3) is 0 Å². The van der Waals surface area contributed by atoms with E-state index in [1.54, 1.807) is 0 Å². The molecule has 2 heterocycles. The second kappa shape index (κ2) is 6.72. The van der Waals surface area contributed by atoms with Crippen LogP contribution in [0.25, 0.3) is 0 Å². The summed E-state index contributed by atoms with van der Waals surface area (Å²) in [6, 6.07) is 4.72. The van der Waals surface area contributed by atoms with Gasteiger partial charge in [0.05, 0.1) is 0 Å². The summed E-state index contributed by atoms with van der Waals surface area (Å²) in [4.78, 5) is 4.13. The third-order valence-electron chi connectivity index (χ3n) is 3.58. The number of nitrogens with zero attached hydrogens (tertiary/aromatic N) is 1. The highest BCUT2D eigenvalue weighted by molar-refractivity contribution is 5.08. The van der Waals surface area contributed by atoms with Crippen LogP contribution < -0.4 is 5.32 Å². The Balaban J connectivity index is 1.67. The van der Waals surface area contributed by atoms with Crippen molar-refractivity contribution in [1.82, 2.24) is 10.3 Å². The van der Waals surface area contributed by atoms with Gasteiger partial charge in [-0.25, -0.2) is 0 Å². The molecule has 94 valence electrons. The van der Waals surface area contributed by atoms with Gasteiger partial charge in [0.1, 0.15) is 0 Å². The number of nitrogens with one attached hydrogen (secondary N) is 1. The summed E-state index contributed by atoms with van der Waals surface area (Å²) >= 11 is 0. The summed E-state index contributed by atoms with van der Waals surface area (Å²) in [5, 5.41) is 3.62. The monoisotopic (exact) mass is 234 g/mol. The predicted molar refractivity (Wildman–Crippen MR) is 68.9 cm³/mol. The maximum atomic E-state index is 5.39. The van der Waals surface area contributed by atoms with Crippen LogP contribution in [0.4, 0.5) is 0 Å². The fourth-order valence-electron chi connectivity index (χ4n) is 2.37. The van der Waals surface area contributed by atoms with Crippen molar-refractivity contribution in [3.05, 3.63) is 30.1 Å². The molecule has 1 aromatic heterocycles. The molecule has 3 nitrogen and oxygen atoms in total. The van der Waals surface area contributed by atoms with E-state index in [1.165, 1.54) is 18.4 Å². The molecule has 0 aliphatic carbocycles. The fourth-order valence-corrected chi connectivity index (χ4v) is 2.37. The van der Waals surface area contributed by atoms with Crippen LogP contribution in [0.1, 0.15) is 25.3 Å². The van der Waals surface area contributed by atoms with Gasteiger partial charge in [0.15, 0.2) is 0 Å². The lowest BCUT2D eigenvalue weighted by atomic mass is 9.93. The smallest absolute Gasteiger partial charge is 0.0469 e. The third kappa shape index (κ3) is 4.10. The highest BCUT2D eigenvalue weighted by Gasteiger charge is 2.19. The van der Waals surface area contributed by atoms with Gasteiger partial charge in [-0.15, -0.1) is 0 Å². The van der Waals surface area contributed by atoms with Crippen molar-refractivity contribution >= 4 is 0 Å². The number of rotatable bonds is 5. The lowest BCUT2D eigenvalue weighted by molar-refractivity contribution is 0.0561. The average Bonchev–Trinajstić information content (AvgIpc) is 2.41. The maximum absolute atomic E-state index is 5.39. The van der Waals surface area contributed by atoms with Crippen molar-refractivity contribution in [2.45, 2.75) is 32.2 Å². The first-order chi connectivity index (χ1) is 8.36. The zero-order valence-electron chi connectivity index (χ0n) is 10.6. The minimum absolute atomic E-state index is 0.593. The van der Waals surface area contributed by atoms with Crippen LogP contribution in [0.15, 0.2) is 24.5 Å². The Kier molecular flexibility index (Phi) is 4.95. The molecule has 0 saturated carbocycles. The largest absolute Gasteiger partial charge is 0.381 e. The Morgan fingerprint density at radius 3 is 3.00 bits per heavy atom. The first kappa shape index (κ1) is 12.5. The van der Waals surface area contributed by atoms with Crippen LogP contribution in [0.3, 0.4) is 0 Å². The van der Waals surface area contributed by atoms with Gasteiger partial charge in [0, 0.05) is 31.6 Å². The quantitative estimate of drug-likeness (QED) is 0.846. The molecule has 1 atom stereocenters. The first-order valence-electron chi connectivity index (χ1n) is 6.56. The van der Waals surface area contributed by atoms with E-state index in [2.05, 4.69) is 23.3 Å². The summed E-state index contributed by atoms with van der Waals surface area (Å²) in [5.41, 5.74) is 1.30. The number of ether oxygens (including phenoxy) is 1. The molecule has 0 bridgehead atoms. The van der Waals surface area contributed by atoms with Crippen LogP contribution in [0.5, 0.6) is 0 Å². The van der Waals surface area contributed by atoms with Crippen LogP contribution in [0.2, 0.25) is 0 Å². The predicted octanol–water partition coefficient (Wildman–Crippen LogP) is 2.03. The lowest BCUT2D eigenvalue weighted by Crippen LogP contribution is -2.37. The van der Waals surface area contributed by atoms with E-state index in [9.17, 15) is 0 Å². The molecule has 1 fully saturated rings. The highest BCUT2D eigenvalue weighted by Crippen LogP contribution is 2.18. The van der Waals surface area contributed by atoms with Crippen LogP contribution in [-0.4, -0.2) is 30.8 Å². The molecule has 17 heavy (non-hydrogen) atoms. The van der Waals surface area contributed by atoms with E-state index in [0.717, 1.165) is 32.1 Å². The Morgan fingerprint density at radius 1 is 1.47 bits per heavy atom. The summed E-state index contributed by atoms with van der Waals surface area (Å²) < 4.78 is 5.39. The minimum Gasteiger partial charge on any atom is -0.381 e. The van der Waals surface area contributed by atoms with E-state index in [4.69, 9.17) is 4.74 Å². The molecule has 2 rings (SSSR count). The second-order valence-electron chi connectivity index (χ2n) is 4.80. The average molecular weight is 234 g/mol. The van der Waals surface area contributed by atoms with Gasteiger partial charge in [-0.3, -0.25) is 4.98 Å². The normalized spacial score (nSPS) is 19.1. The molecule has 3 heteroatoms. The summed E-state index contributed by atoms with van der Waals surface area (Å²) in [6.45, 7) is 5.18. The van der Waals surface area contributed by atoms with Crippen LogP contribution in [-0.2, 0) is 11.2 Å². The van der Waals surface area contributed by atoms with E-state index in [1.807, 2.05) is 18.5 Å². The Bertz CT molecular complexity index is 309. The van der Waals surface area contributed by atoms with Crippen molar-refractivity contribution in [3.8, 4) is 0 Å². The molecule has 0 amide bonds. The zero-order valence-corrected chi connectivity index (χ0v) is 10.6. The molecule has 0 aromatic carbocycles. The molecule has 1 unspecified atom stereocenters. The Hall–Kier alpha value is -0.930. The minimum atomic E-state index is 0.593. The number of aromatic nitrogens is 1. The molecule has 1 aliphatic heterocycles. The van der Waals surface area contributed by atoms with E-state index >= 15 is 0 Å². The molecule has 1 aliphatic rings. The molecule has 1 saturated heterocycles. The van der Waals surface area contributed by atoms with Gasteiger partial charge < -0.3 is 10.1 Å². The first-order valence-corrected chi connectivity index (χ1v) is 6.56. The molecule has 0 spiro atoms. The van der Waals surface area contributed by atoms with Crippen molar-refractivity contribution in [2.75, 3.05) is 19.8 Å². The van der Waals surface area contributed by atoms with Gasteiger partial charge in [-0.05, 0) is 50.3 Å². The fraction of sp³-hybridized carbons (Fsp3) is 0.643. The van der Waals surface area contributed by atoms with Gasteiger partial charge >= 0.3 is 0 Å². The molecule has 1 aromatic rings. The maximum Gasteiger partial charge on any atom is 0.0469 e. The highest BCUT2D eigenvalue weighted by atomic mass is 16.5. The SMILES string of the molecule is CC(NCCc1cccnc1)C1CCOCC1. The van der Waals surface area contributed by atoms with E-state index in [0.29, 0.717) is 6.04 Å². The Morgan fingerprint density at radius 2 is 2.29 bits per heavy atom. The summed E-state index contributed by atoms with van der Waals surface area (Å²) in [7, 11) is 0. The van der Waals surface area contributed by atoms with Crippen molar-refractivity contribution in [3.63, 3.8) is 0 Å². The number of hydrogen-bond acceptors (Lipinski definition) is 3. The van der Waals surface area contributed by atoms with E-state index < -0.39 is 0 Å². The third-order valence-corrected chi connectivity index (χ3v) is 3.58. The number of pyridine rings is 1. The summed E-state index contributed by atoms with van der Waals surface area (Å²) in [6.07, 6.45) is 7.21. The van der Waals surface area contributed by atoms with Gasteiger partial charge in [-0.2, -0.15) is 0 Å². The van der Waals surface area contributed by atoms with Crippen LogP contribution >= 0.6 is 0 Å². The van der Waals surface area contributed by atoms with Crippen LogP contribution in [0, 0.1) is 5.92 Å². The van der Waals surface area contributed by atoms with Crippen molar-refractivity contribution in [1.29, 1.82) is 0 Å². The molecular weight excluding hydrogens is 212 g/mol. The molecule has 0 radical (unpaired) electrons. The lowest BCUT2D eigenvalue weighted by Gasteiger charge is -2.28. The second-order valence-corrected chi connectivity index (χ2v) is 4.80. The topological polar surface area (TPSA) is 34.2 Å².